The summed E-state index contributed by atoms with van der Waals surface area (Å²) < 4.78 is 10.9. The van der Waals surface area contributed by atoms with Crippen molar-refractivity contribution in [3.8, 4) is 0 Å². The first-order chi connectivity index (χ1) is 13.2. The molecule has 0 aromatic carbocycles. The van der Waals surface area contributed by atoms with Crippen LogP contribution in [0.25, 0.3) is 0 Å². The highest BCUT2D eigenvalue weighted by Crippen LogP contribution is 2.16. The van der Waals surface area contributed by atoms with Crippen LogP contribution in [0.3, 0.4) is 0 Å². The average molecular weight is 387 g/mol. The third-order valence-corrected chi connectivity index (χ3v) is 5.19. The van der Waals surface area contributed by atoms with Crippen LogP contribution in [0.1, 0.15) is 84.0 Å². The molecule has 1 rings (SSSR count). The molecule has 0 bridgehead atoms. The number of ether oxygens (including phenoxy) is 2. The fourth-order valence-electron chi connectivity index (χ4n) is 3.30. The molecule has 1 saturated heterocycles. The van der Waals surface area contributed by atoms with Gasteiger partial charge in [0.05, 0.1) is 13.2 Å². The third kappa shape index (κ3) is 11.9. The molecule has 0 aliphatic carbocycles. The minimum Gasteiger partial charge on any atom is -0.388 e. The largest absolute Gasteiger partial charge is 0.388 e. The Morgan fingerprint density at radius 1 is 0.815 bits per heavy atom. The first-order valence-corrected chi connectivity index (χ1v) is 11.0. The zero-order valence-corrected chi connectivity index (χ0v) is 17.2. The van der Waals surface area contributed by atoms with E-state index >= 15 is 0 Å². The van der Waals surface area contributed by atoms with E-state index in [2.05, 4.69) is 19.1 Å². The van der Waals surface area contributed by atoms with Crippen molar-refractivity contribution in [2.45, 2.75) is 108 Å². The van der Waals surface area contributed by atoms with E-state index in [0.29, 0.717) is 6.61 Å². The van der Waals surface area contributed by atoms with Crippen molar-refractivity contribution in [3.05, 3.63) is 12.2 Å². The third-order valence-electron chi connectivity index (χ3n) is 5.19. The zero-order valence-electron chi connectivity index (χ0n) is 17.2. The van der Waals surface area contributed by atoms with E-state index in [1.807, 2.05) is 0 Å². The Labute approximate surface area is 165 Å². The van der Waals surface area contributed by atoms with Crippen LogP contribution in [-0.4, -0.2) is 59.6 Å². The average Bonchev–Trinajstić information content (AvgIpc) is 2.67. The minimum atomic E-state index is -1.15. The van der Waals surface area contributed by atoms with Gasteiger partial charge in [-0.15, -0.1) is 0 Å². The van der Waals surface area contributed by atoms with Gasteiger partial charge in [-0.1, -0.05) is 70.4 Å². The Hall–Kier alpha value is -0.460. The number of allylic oxidation sites excluding steroid dienone is 2. The van der Waals surface area contributed by atoms with Gasteiger partial charge in [-0.25, -0.2) is 0 Å². The van der Waals surface area contributed by atoms with Crippen LogP contribution in [0.4, 0.5) is 0 Å². The molecule has 1 aliphatic rings. The summed E-state index contributed by atoms with van der Waals surface area (Å²) in [6, 6.07) is 0. The van der Waals surface area contributed by atoms with Crippen LogP contribution in [-0.2, 0) is 9.47 Å². The molecular formula is C22H42O5. The molecule has 5 heteroatoms. The van der Waals surface area contributed by atoms with Crippen molar-refractivity contribution in [3.63, 3.8) is 0 Å². The van der Waals surface area contributed by atoms with Crippen LogP contribution in [0.5, 0.6) is 0 Å². The fourth-order valence-corrected chi connectivity index (χ4v) is 3.30. The number of hydrogen-bond donors (Lipinski definition) is 3. The first kappa shape index (κ1) is 24.6. The lowest BCUT2D eigenvalue weighted by Crippen LogP contribution is -2.54. The molecule has 1 heterocycles. The van der Waals surface area contributed by atoms with Gasteiger partial charge in [0.25, 0.3) is 0 Å². The summed E-state index contributed by atoms with van der Waals surface area (Å²) in [4.78, 5) is 0. The molecule has 160 valence electrons. The van der Waals surface area contributed by atoms with E-state index in [1.165, 1.54) is 64.2 Å². The van der Waals surface area contributed by atoms with Gasteiger partial charge in [0.2, 0.25) is 0 Å². The summed E-state index contributed by atoms with van der Waals surface area (Å²) >= 11 is 0. The van der Waals surface area contributed by atoms with Crippen molar-refractivity contribution in [1.29, 1.82) is 0 Å². The normalized spacial score (nSPS) is 26.1. The van der Waals surface area contributed by atoms with Crippen LogP contribution in [0, 0.1) is 0 Å². The van der Waals surface area contributed by atoms with Gasteiger partial charge < -0.3 is 24.8 Å². The minimum absolute atomic E-state index is 0.0431. The summed E-state index contributed by atoms with van der Waals surface area (Å²) in [7, 11) is 0. The summed E-state index contributed by atoms with van der Waals surface area (Å²) in [6.07, 6.45) is 16.0. The molecule has 0 unspecified atom stereocenters. The molecule has 4 atom stereocenters. The number of hydrogen-bond acceptors (Lipinski definition) is 5. The summed E-state index contributed by atoms with van der Waals surface area (Å²) in [5, 5.41) is 28.8. The maximum Gasteiger partial charge on any atom is 0.111 e. The Morgan fingerprint density at radius 3 is 2.07 bits per heavy atom. The van der Waals surface area contributed by atoms with E-state index in [9.17, 15) is 15.3 Å². The second kappa shape index (κ2) is 16.5. The highest BCUT2D eigenvalue weighted by molar-refractivity contribution is 4.86. The standard InChI is InChI=1S/C22H42O5/c1-2-3-4-5-6-7-8-9-10-11-12-13-14-15-16-26-18-20-22(25)21(24)19(23)17-27-20/h5-6,19-25H,2-4,7-18H2,1H3/b6-5+/t19-,20+,21+,22+/m0/s1. The molecule has 0 saturated carbocycles. The van der Waals surface area contributed by atoms with Gasteiger partial charge in [0, 0.05) is 6.61 Å². The Balaban J connectivity index is 1.81. The van der Waals surface area contributed by atoms with Gasteiger partial charge >= 0.3 is 0 Å². The number of aliphatic hydroxyl groups is 3. The summed E-state index contributed by atoms with van der Waals surface area (Å²) in [5.74, 6) is 0. The number of unbranched alkanes of at least 4 members (excludes halogenated alkanes) is 10. The lowest BCUT2D eigenvalue weighted by molar-refractivity contribution is -0.199. The molecule has 3 N–H and O–H groups in total. The maximum atomic E-state index is 9.81. The Bertz CT molecular complexity index is 361. The predicted octanol–water partition coefficient (Wildman–Crippen LogP) is 3.74. The van der Waals surface area contributed by atoms with Crippen molar-refractivity contribution in [1.82, 2.24) is 0 Å². The van der Waals surface area contributed by atoms with E-state index < -0.39 is 24.4 Å². The zero-order chi connectivity index (χ0) is 19.7. The quantitative estimate of drug-likeness (QED) is 0.278. The molecule has 0 amide bonds. The van der Waals surface area contributed by atoms with Crippen molar-refractivity contribution in [2.75, 3.05) is 19.8 Å². The Kier molecular flexibility index (Phi) is 15.0. The van der Waals surface area contributed by atoms with Crippen molar-refractivity contribution < 1.29 is 24.8 Å². The van der Waals surface area contributed by atoms with Crippen LogP contribution >= 0.6 is 0 Å². The molecule has 0 spiro atoms. The number of aliphatic hydroxyl groups excluding tert-OH is 3. The molecule has 0 aromatic rings. The molecule has 0 radical (unpaired) electrons. The smallest absolute Gasteiger partial charge is 0.111 e. The Morgan fingerprint density at radius 2 is 1.41 bits per heavy atom. The molecular weight excluding hydrogens is 344 g/mol. The van der Waals surface area contributed by atoms with Crippen molar-refractivity contribution in [2.24, 2.45) is 0 Å². The summed E-state index contributed by atoms with van der Waals surface area (Å²) in [5.41, 5.74) is 0. The van der Waals surface area contributed by atoms with Crippen LogP contribution < -0.4 is 0 Å². The lowest BCUT2D eigenvalue weighted by Gasteiger charge is -2.35. The summed E-state index contributed by atoms with van der Waals surface area (Å²) in [6.45, 7) is 3.19. The second-order valence-electron chi connectivity index (χ2n) is 7.73. The monoisotopic (exact) mass is 386 g/mol. The van der Waals surface area contributed by atoms with Gasteiger partial charge in [-0.2, -0.15) is 0 Å². The highest BCUT2D eigenvalue weighted by Gasteiger charge is 2.37. The molecule has 1 aliphatic heterocycles. The topological polar surface area (TPSA) is 79.2 Å². The van der Waals surface area contributed by atoms with Crippen LogP contribution in [0.15, 0.2) is 12.2 Å². The maximum absolute atomic E-state index is 9.81. The van der Waals surface area contributed by atoms with E-state index in [0.717, 1.165) is 12.8 Å². The number of rotatable bonds is 16. The van der Waals surface area contributed by atoms with Gasteiger partial charge in [-0.3, -0.25) is 0 Å². The SMILES string of the molecule is CCCC/C=C/CCCCCCCCCCOC[C@H]1OC[C@H](O)[C@@H](O)[C@@H]1O. The first-order valence-electron chi connectivity index (χ1n) is 11.0. The molecule has 27 heavy (non-hydrogen) atoms. The van der Waals surface area contributed by atoms with E-state index in [1.54, 1.807) is 0 Å². The fraction of sp³-hybridized carbons (Fsp3) is 0.909. The van der Waals surface area contributed by atoms with Gasteiger partial charge in [0.1, 0.15) is 24.4 Å². The van der Waals surface area contributed by atoms with E-state index in [4.69, 9.17) is 9.47 Å². The van der Waals surface area contributed by atoms with Gasteiger partial charge in [-0.05, 0) is 25.7 Å². The van der Waals surface area contributed by atoms with Crippen LogP contribution in [0.2, 0.25) is 0 Å². The predicted molar refractivity (Wildman–Crippen MR) is 109 cm³/mol. The second-order valence-corrected chi connectivity index (χ2v) is 7.73. The molecule has 5 nitrogen and oxygen atoms in total. The molecule has 0 aromatic heterocycles. The van der Waals surface area contributed by atoms with Gasteiger partial charge in [0.15, 0.2) is 0 Å². The highest BCUT2D eigenvalue weighted by atomic mass is 16.6. The molecule has 1 fully saturated rings. The van der Waals surface area contributed by atoms with E-state index in [-0.39, 0.29) is 13.2 Å². The van der Waals surface area contributed by atoms with Crippen molar-refractivity contribution >= 4 is 0 Å². The lowest BCUT2D eigenvalue weighted by atomic mass is 10.0.